The Balaban J connectivity index is 1.57. The van der Waals surface area contributed by atoms with E-state index in [-0.39, 0.29) is 11.7 Å². The van der Waals surface area contributed by atoms with Gasteiger partial charge in [-0.15, -0.1) is 0 Å². The van der Waals surface area contributed by atoms with Crippen LogP contribution in [0.4, 0.5) is 0 Å². The van der Waals surface area contributed by atoms with E-state index in [0.29, 0.717) is 30.1 Å². The molecule has 0 aliphatic carbocycles. The molecular formula is C19H16ClN3O2. The number of amides is 1. The number of phenolic OH excluding ortho intramolecular Hbond substituents is 1. The summed E-state index contributed by atoms with van der Waals surface area (Å²) in [4.78, 5) is 22.4. The van der Waals surface area contributed by atoms with Crippen molar-refractivity contribution in [2.24, 2.45) is 0 Å². The Hall–Kier alpha value is -2.79. The number of imidazole rings is 1. The zero-order chi connectivity index (χ0) is 17.4. The normalized spacial score (nSPS) is 13.6. The summed E-state index contributed by atoms with van der Waals surface area (Å²) in [6, 6.07) is 13.9. The summed E-state index contributed by atoms with van der Waals surface area (Å²) in [6.45, 7) is 1.08. The highest BCUT2D eigenvalue weighted by atomic mass is 35.5. The second-order valence-corrected chi connectivity index (χ2v) is 6.48. The Labute approximate surface area is 149 Å². The first-order valence-corrected chi connectivity index (χ1v) is 8.40. The van der Waals surface area contributed by atoms with Crippen LogP contribution in [0.3, 0.4) is 0 Å². The molecule has 3 aromatic rings. The van der Waals surface area contributed by atoms with Crippen molar-refractivity contribution in [1.82, 2.24) is 14.9 Å². The number of hydrogen-bond donors (Lipinski definition) is 2. The lowest BCUT2D eigenvalue weighted by molar-refractivity contribution is 0.0731. The largest absolute Gasteiger partial charge is 0.508 e. The fourth-order valence-electron chi connectivity index (χ4n) is 3.03. The molecule has 2 aromatic carbocycles. The quantitative estimate of drug-likeness (QED) is 0.739. The Morgan fingerprint density at radius 2 is 2.00 bits per heavy atom. The molecule has 1 aliphatic rings. The lowest BCUT2D eigenvalue weighted by Crippen LogP contribution is -2.36. The second kappa shape index (κ2) is 6.26. The van der Waals surface area contributed by atoms with Gasteiger partial charge >= 0.3 is 0 Å². The molecule has 0 bridgehead atoms. The Morgan fingerprint density at radius 3 is 2.76 bits per heavy atom. The van der Waals surface area contributed by atoms with Crippen LogP contribution in [0.1, 0.15) is 21.7 Å². The predicted octanol–water partition coefficient (Wildman–Crippen LogP) is 3.63. The molecule has 0 spiro atoms. The van der Waals surface area contributed by atoms with Crippen LogP contribution in [0.2, 0.25) is 5.02 Å². The summed E-state index contributed by atoms with van der Waals surface area (Å²) in [6.07, 6.45) is 0.698. The SMILES string of the molecule is O=C(c1cccc(O)c1)N1CCc2nc(-c3ccc(Cl)cc3)[nH]c2C1. The summed E-state index contributed by atoms with van der Waals surface area (Å²) in [5.74, 6) is 0.785. The number of aromatic amines is 1. The summed E-state index contributed by atoms with van der Waals surface area (Å²) in [5, 5.41) is 10.3. The molecule has 0 saturated carbocycles. The Morgan fingerprint density at radius 1 is 1.20 bits per heavy atom. The van der Waals surface area contributed by atoms with Gasteiger partial charge in [0.15, 0.2) is 0 Å². The van der Waals surface area contributed by atoms with Gasteiger partial charge in [-0.05, 0) is 42.5 Å². The van der Waals surface area contributed by atoms with Crippen LogP contribution >= 0.6 is 11.6 Å². The summed E-state index contributed by atoms with van der Waals surface area (Å²) in [5.41, 5.74) is 3.39. The minimum Gasteiger partial charge on any atom is -0.508 e. The summed E-state index contributed by atoms with van der Waals surface area (Å²) in [7, 11) is 0. The van der Waals surface area contributed by atoms with Crippen LogP contribution in [-0.2, 0) is 13.0 Å². The van der Waals surface area contributed by atoms with Crippen LogP contribution in [0.5, 0.6) is 5.75 Å². The zero-order valence-corrected chi connectivity index (χ0v) is 14.1. The molecule has 2 N–H and O–H groups in total. The number of carbonyl (C=O) groups excluding carboxylic acids is 1. The molecule has 1 aromatic heterocycles. The van der Waals surface area contributed by atoms with Gasteiger partial charge in [0.25, 0.3) is 5.91 Å². The highest BCUT2D eigenvalue weighted by Gasteiger charge is 2.25. The van der Waals surface area contributed by atoms with Crippen LogP contribution < -0.4 is 0 Å². The molecular weight excluding hydrogens is 338 g/mol. The van der Waals surface area contributed by atoms with Crippen molar-refractivity contribution in [3.63, 3.8) is 0 Å². The second-order valence-electron chi connectivity index (χ2n) is 6.04. The van der Waals surface area contributed by atoms with E-state index in [1.165, 1.54) is 6.07 Å². The number of nitrogens with one attached hydrogen (secondary N) is 1. The molecule has 2 heterocycles. The molecule has 0 saturated heterocycles. The van der Waals surface area contributed by atoms with Crippen molar-refractivity contribution in [2.75, 3.05) is 6.54 Å². The molecule has 5 nitrogen and oxygen atoms in total. The number of aromatic hydroxyl groups is 1. The van der Waals surface area contributed by atoms with Gasteiger partial charge in [-0.25, -0.2) is 4.98 Å². The molecule has 0 fully saturated rings. The number of carbonyl (C=O) groups is 1. The predicted molar refractivity (Wildman–Crippen MR) is 95.6 cm³/mol. The first kappa shape index (κ1) is 15.7. The van der Waals surface area contributed by atoms with Crippen LogP contribution in [0.25, 0.3) is 11.4 Å². The Bertz CT molecular complexity index is 934. The third kappa shape index (κ3) is 3.10. The molecule has 126 valence electrons. The first-order chi connectivity index (χ1) is 12.1. The number of H-pyrrole nitrogens is 1. The maximum absolute atomic E-state index is 12.6. The molecule has 25 heavy (non-hydrogen) atoms. The summed E-state index contributed by atoms with van der Waals surface area (Å²) < 4.78 is 0. The van der Waals surface area contributed by atoms with Gasteiger partial charge in [0.2, 0.25) is 0 Å². The van der Waals surface area contributed by atoms with Gasteiger partial charge in [-0.1, -0.05) is 17.7 Å². The maximum Gasteiger partial charge on any atom is 0.254 e. The fourth-order valence-corrected chi connectivity index (χ4v) is 3.16. The first-order valence-electron chi connectivity index (χ1n) is 8.02. The fraction of sp³-hybridized carbons (Fsp3) is 0.158. The van der Waals surface area contributed by atoms with E-state index >= 15 is 0 Å². The smallest absolute Gasteiger partial charge is 0.254 e. The van der Waals surface area contributed by atoms with Gasteiger partial charge in [0.05, 0.1) is 17.9 Å². The number of halogens is 1. The van der Waals surface area contributed by atoms with Crippen LogP contribution in [-0.4, -0.2) is 32.4 Å². The maximum atomic E-state index is 12.6. The lowest BCUT2D eigenvalue weighted by Gasteiger charge is -2.26. The standard InChI is InChI=1S/C19H16ClN3O2/c20-14-6-4-12(5-7-14)18-21-16-8-9-23(11-17(16)22-18)19(25)13-2-1-3-15(24)10-13/h1-7,10,24H,8-9,11H2,(H,21,22). The number of hydrogen-bond acceptors (Lipinski definition) is 3. The number of nitrogens with zero attached hydrogens (tertiary/aromatic N) is 2. The van der Waals surface area contributed by atoms with Crippen LogP contribution in [0, 0.1) is 0 Å². The number of fused-ring (bicyclic) bond motifs is 1. The van der Waals surface area contributed by atoms with E-state index in [9.17, 15) is 9.90 Å². The average Bonchev–Trinajstić information content (AvgIpc) is 3.05. The molecule has 1 aliphatic heterocycles. The van der Waals surface area contributed by atoms with E-state index in [4.69, 9.17) is 11.6 Å². The van der Waals surface area contributed by atoms with Crippen molar-refractivity contribution in [3.8, 4) is 17.1 Å². The van der Waals surface area contributed by atoms with Gasteiger partial charge in [-0.3, -0.25) is 4.79 Å². The molecule has 1 amide bonds. The lowest BCUT2D eigenvalue weighted by atomic mass is 10.1. The van der Waals surface area contributed by atoms with Gasteiger partial charge < -0.3 is 15.0 Å². The van der Waals surface area contributed by atoms with Gasteiger partial charge in [0.1, 0.15) is 11.6 Å². The number of aromatic nitrogens is 2. The average molecular weight is 354 g/mol. The third-order valence-corrected chi connectivity index (χ3v) is 4.58. The molecule has 0 radical (unpaired) electrons. The van der Waals surface area contributed by atoms with Crippen molar-refractivity contribution >= 4 is 17.5 Å². The van der Waals surface area contributed by atoms with E-state index in [1.807, 2.05) is 24.3 Å². The molecule has 0 atom stereocenters. The zero-order valence-electron chi connectivity index (χ0n) is 13.4. The van der Waals surface area contributed by atoms with Gasteiger partial charge in [-0.2, -0.15) is 0 Å². The van der Waals surface area contributed by atoms with Crippen molar-refractivity contribution < 1.29 is 9.90 Å². The molecule has 6 heteroatoms. The number of phenols is 1. The minimum atomic E-state index is -0.0933. The number of rotatable bonds is 2. The van der Waals surface area contributed by atoms with E-state index in [0.717, 1.165) is 22.8 Å². The van der Waals surface area contributed by atoms with E-state index in [1.54, 1.807) is 23.1 Å². The van der Waals surface area contributed by atoms with Gasteiger partial charge in [0, 0.05) is 29.1 Å². The molecule has 0 unspecified atom stereocenters. The van der Waals surface area contributed by atoms with E-state index in [2.05, 4.69) is 9.97 Å². The topological polar surface area (TPSA) is 69.2 Å². The van der Waals surface area contributed by atoms with Crippen LogP contribution in [0.15, 0.2) is 48.5 Å². The van der Waals surface area contributed by atoms with Crippen molar-refractivity contribution in [2.45, 2.75) is 13.0 Å². The van der Waals surface area contributed by atoms with Crippen molar-refractivity contribution in [1.29, 1.82) is 0 Å². The highest BCUT2D eigenvalue weighted by molar-refractivity contribution is 6.30. The minimum absolute atomic E-state index is 0.0927. The highest BCUT2D eigenvalue weighted by Crippen LogP contribution is 2.25. The third-order valence-electron chi connectivity index (χ3n) is 4.33. The van der Waals surface area contributed by atoms with Crippen molar-refractivity contribution in [3.05, 3.63) is 70.5 Å². The van der Waals surface area contributed by atoms with E-state index < -0.39 is 0 Å². The Kier molecular flexibility index (Phi) is 3.93. The molecule has 4 rings (SSSR count). The monoisotopic (exact) mass is 353 g/mol. The summed E-state index contributed by atoms with van der Waals surface area (Å²) >= 11 is 5.93. The number of benzene rings is 2.